The van der Waals surface area contributed by atoms with E-state index in [1.807, 2.05) is 65.6 Å². The predicted molar refractivity (Wildman–Crippen MR) is 142 cm³/mol. The summed E-state index contributed by atoms with van der Waals surface area (Å²) in [6.45, 7) is 1.37. The molecule has 0 saturated carbocycles. The maximum absolute atomic E-state index is 13.4. The lowest BCUT2D eigenvalue weighted by molar-refractivity contribution is -0.122. The molecule has 1 amide bonds. The lowest BCUT2D eigenvalue weighted by Gasteiger charge is -2.37. The summed E-state index contributed by atoms with van der Waals surface area (Å²) in [7, 11) is -3.58. The Morgan fingerprint density at radius 3 is 2.03 bits per heavy atom. The summed E-state index contributed by atoms with van der Waals surface area (Å²) >= 11 is 12.2. The van der Waals surface area contributed by atoms with Crippen LogP contribution in [0.1, 0.15) is 17.2 Å². The van der Waals surface area contributed by atoms with Crippen molar-refractivity contribution in [3.05, 3.63) is 105 Å². The topological polar surface area (TPSA) is 69.7 Å². The average molecular weight is 530 g/mol. The summed E-state index contributed by atoms with van der Waals surface area (Å²) in [6.07, 6.45) is 1.60. The number of nitrogens with zero attached hydrogens (tertiary/aromatic N) is 2. The molecule has 35 heavy (non-hydrogen) atoms. The van der Waals surface area contributed by atoms with Gasteiger partial charge in [0.2, 0.25) is 15.9 Å². The Balaban J connectivity index is 1.49. The van der Waals surface area contributed by atoms with Gasteiger partial charge in [0.15, 0.2) is 0 Å². The maximum Gasteiger partial charge on any atom is 0.246 e. The third kappa shape index (κ3) is 6.72. The lowest BCUT2D eigenvalue weighted by atomic mass is 10.0. The molecule has 3 aromatic carbocycles. The van der Waals surface area contributed by atoms with Gasteiger partial charge in [-0.2, -0.15) is 4.31 Å². The van der Waals surface area contributed by atoms with Crippen LogP contribution in [0.15, 0.2) is 84.3 Å². The van der Waals surface area contributed by atoms with Crippen molar-refractivity contribution in [1.29, 1.82) is 0 Å². The van der Waals surface area contributed by atoms with Gasteiger partial charge in [0, 0.05) is 47.3 Å². The fourth-order valence-corrected chi connectivity index (χ4v) is 5.73. The van der Waals surface area contributed by atoms with Crippen LogP contribution < -0.4 is 5.32 Å². The molecule has 1 heterocycles. The molecular weight excluding hydrogens is 505 g/mol. The number of carbonyl (C=O) groups is 1. The first kappa shape index (κ1) is 25.4. The minimum atomic E-state index is -3.58. The summed E-state index contributed by atoms with van der Waals surface area (Å²) in [6, 6.07) is 23.0. The molecule has 1 N–H and O–H groups in total. The van der Waals surface area contributed by atoms with Crippen molar-refractivity contribution in [3.63, 3.8) is 0 Å². The monoisotopic (exact) mass is 529 g/mol. The molecule has 0 unspecified atom stereocenters. The summed E-state index contributed by atoms with van der Waals surface area (Å²) in [5.41, 5.74) is 2.13. The minimum Gasteiger partial charge on any atom is -0.324 e. The molecule has 0 aliphatic carbocycles. The molecule has 0 radical (unpaired) electrons. The number of sulfonamides is 1. The molecule has 1 aliphatic heterocycles. The van der Waals surface area contributed by atoms with Gasteiger partial charge < -0.3 is 5.32 Å². The number of hydrogen-bond acceptors (Lipinski definition) is 4. The Labute approximate surface area is 215 Å². The van der Waals surface area contributed by atoms with Crippen LogP contribution in [0.5, 0.6) is 0 Å². The molecule has 1 aliphatic rings. The maximum atomic E-state index is 13.4. The van der Waals surface area contributed by atoms with E-state index in [0.29, 0.717) is 28.8 Å². The predicted octanol–water partition coefficient (Wildman–Crippen LogP) is 5.29. The van der Waals surface area contributed by atoms with Crippen LogP contribution in [-0.2, 0) is 14.8 Å². The number of piperazine rings is 1. The van der Waals surface area contributed by atoms with E-state index in [0.717, 1.165) is 11.1 Å². The smallest absolute Gasteiger partial charge is 0.246 e. The summed E-state index contributed by atoms with van der Waals surface area (Å²) < 4.78 is 27.2. The van der Waals surface area contributed by atoms with Crippen LogP contribution in [0.4, 0.5) is 5.69 Å². The second kappa shape index (κ2) is 11.4. The molecule has 1 fully saturated rings. The van der Waals surface area contributed by atoms with Crippen LogP contribution in [0.3, 0.4) is 0 Å². The number of amides is 1. The van der Waals surface area contributed by atoms with Crippen molar-refractivity contribution in [2.45, 2.75) is 6.04 Å². The molecule has 182 valence electrons. The van der Waals surface area contributed by atoms with Crippen molar-refractivity contribution >= 4 is 50.9 Å². The van der Waals surface area contributed by atoms with Crippen molar-refractivity contribution in [2.75, 3.05) is 31.5 Å². The van der Waals surface area contributed by atoms with E-state index in [2.05, 4.69) is 5.32 Å². The van der Waals surface area contributed by atoms with Crippen LogP contribution in [-0.4, -0.2) is 49.7 Å². The van der Waals surface area contributed by atoms with Gasteiger partial charge in [-0.3, -0.25) is 9.69 Å². The van der Waals surface area contributed by atoms with Gasteiger partial charge in [-0.05, 0) is 35.4 Å². The first-order chi connectivity index (χ1) is 16.8. The Kier molecular flexibility index (Phi) is 8.26. The van der Waals surface area contributed by atoms with Gasteiger partial charge in [0.1, 0.15) is 6.04 Å². The van der Waals surface area contributed by atoms with E-state index in [-0.39, 0.29) is 19.0 Å². The minimum absolute atomic E-state index is 0.241. The number of carbonyl (C=O) groups excluding carboxylic acids is 1. The van der Waals surface area contributed by atoms with E-state index in [4.69, 9.17) is 23.2 Å². The Morgan fingerprint density at radius 2 is 1.43 bits per heavy atom. The number of rotatable bonds is 7. The van der Waals surface area contributed by atoms with E-state index in [1.165, 1.54) is 9.71 Å². The summed E-state index contributed by atoms with van der Waals surface area (Å²) in [5, 5.41) is 4.99. The van der Waals surface area contributed by atoms with E-state index < -0.39 is 16.1 Å². The Hall–Kier alpha value is -2.68. The number of benzene rings is 3. The second-order valence-electron chi connectivity index (χ2n) is 8.15. The lowest BCUT2D eigenvalue weighted by Crippen LogP contribution is -2.51. The zero-order valence-electron chi connectivity index (χ0n) is 18.8. The third-order valence-corrected chi connectivity index (χ3v) is 7.73. The van der Waals surface area contributed by atoms with E-state index >= 15 is 0 Å². The van der Waals surface area contributed by atoms with E-state index in [9.17, 15) is 13.2 Å². The van der Waals surface area contributed by atoms with Gasteiger partial charge in [0.25, 0.3) is 0 Å². The van der Waals surface area contributed by atoms with Gasteiger partial charge in [0.05, 0.1) is 0 Å². The van der Waals surface area contributed by atoms with Crippen molar-refractivity contribution in [1.82, 2.24) is 9.21 Å². The van der Waals surface area contributed by atoms with Crippen LogP contribution >= 0.6 is 23.2 Å². The molecule has 9 heteroatoms. The summed E-state index contributed by atoms with van der Waals surface area (Å²) in [4.78, 5) is 15.4. The zero-order valence-corrected chi connectivity index (χ0v) is 21.2. The summed E-state index contributed by atoms with van der Waals surface area (Å²) in [5.74, 6) is -0.241. The molecule has 0 spiro atoms. The molecule has 1 atom stereocenters. The van der Waals surface area contributed by atoms with Crippen LogP contribution in [0.2, 0.25) is 10.0 Å². The number of anilines is 1. The number of hydrogen-bond donors (Lipinski definition) is 1. The normalized spacial score (nSPS) is 16.3. The van der Waals surface area contributed by atoms with Gasteiger partial charge in [-0.1, -0.05) is 83.9 Å². The number of halogens is 2. The highest BCUT2D eigenvalue weighted by Crippen LogP contribution is 2.27. The Morgan fingerprint density at radius 1 is 0.857 bits per heavy atom. The number of nitrogens with one attached hydrogen (secondary N) is 1. The van der Waals surface area contributed by atoms with E-state index in [1.54, 1.807) is 24.3 Å². The first-order valence-electron chi connectivity index (χ1n) is 11.1. The Bertz CT molecular complexity index is 1270. The fraction of sp³-hybridized carbons (Fsp3) is 0.192. The first-order valence-corrected chi connectivity index (χ1v) is 13.4. The van der Waals surface area contributed by atoms with Crippen LogP contribution in [0.25, 0.3) is 6.08 Å². The standard InChI is InChI=1S/C26H25Cl2N3O3S/c27-22-17-23(28)19-24(18-22)29-26(32)25(21-9-5-2-6-10-21)30-12-14-31(15-13-30)35(33,34)16-11-20-7-3-1-4-8-20/h1-11,16-19,25H,12-15H2,(H,29,32)/b16-11+/t25-/m0/s1. The van der Waals surface area contributed by atoms with Gasteiger partial charge >= 0.3 is 0 Å². The SMILES string of the molecule is O=C(Nc1cc(Cl)cc(Cl)c1)[C@H](c1ccccc1)N1CCN(S(=O)(=O)/C=C/c2ccccc2)CC1. The van der Waals surface area contributed by atoms with Crippen molar-refractivity contribution in [3.8, 4) is 0 Å². The molecule has 6 nitrogen and oxygen atoms in total. The zero-order chi connectivity index (χ0) is 24.8. The molecule has 4 rings (SSSR count). The van der Waals surface area contributed by atoms with Crippen molar-refractivity contribution < 1.29 is 13.2 Å². The highest BCUT2D eigenvalue weighted by molar-refractivity contribution is 7.92. The highest BCUT2D eigenvalue weighted by atomic mass is 35.5. The van der Waals surface area contributed by atoms with Crippen LogP contribution in [0, 0.1) is 0 Å². The average Bonchev–Trinajstić information content (AvgIpc) is 2.84. The highest BCUT2D eigenvalue weighted by Gasteiger charge is 2.33. The van der Waals surface area contributed by atoms with Gasteiger partial charge in [-0.15, -0.1) is 0 Å². The van der Waals surface area contributed by atoms with Gasteiger partial charge in [-0.25, -0.2) is 8.42 Å². The molecular formula is C26H25Cl2N3O3S. The fourth-order valence-electron chi connectivity index (χ4n) is 4.03. The molecule has 3 aromatic rings. The third-order valence-electron chi connectivity index (χ3n) is 5.72. The quantitative estimate of drug-likeness (QED) is 0.451. The second-order valence-corrected chi connectivity index (χ2v) is 10.8. The van der Waals surface area contributed by atoms with Crippen molar-refractivity contribution in [2.24, 2.45) is 0 Å². The molecule has 0 bridgehead atoms. The molecule has 0 aromatic heterocycles. The largest absolute Gasteiger partial charge is 0.324 e. The molecule has 1 saturated heterocycles.